The Hall–Kier alpha value is -3.06. The van der Waals surface area contributed by atoms with Crippen LogP contribution in [-0.4, -0.2) is 49.8 Å². The number of ether oxygens (including phenoxy) is 1. The molecule has 7 heteroatoms. The molecule has 192 valence electrons. The second-order valence-electron chi connectivity index (χ2n) is 8.76. The predicted octanol–water partition coefficient (Wildman–Crippen LogP) is 6.26. The SMILES string of the molecule is CCCCN(CCCC)CCNC(=O)Nc1ccc(Cc2ccc(NC(=O)OCCC)cc2)cc1. The molecule has 2 aromatic rings. The lowest BCUT2D eigenvalue weighted by molar-refractivity contribution is 0.161. The second-order valence-corrected chi connectivity index (χ2v) is 8.76. The molecule has 35 heavy (non-hydrogen) atoms. The normalized spacial score (nSPS) is 10.7. The molecule has 0 atom stereocenters. The lowest BCUT2D eigenvalue weighted by Crippen LogP contribution is -2.37. The van der Waals surface area contributed by atoms with Gasteiger partial charge >= 0.3 is 12.1 Å². The molecule has 0 unspecified atom stereocenters. The van der Waals surface area contributed by atoms with Crippen LogP contribution < -0.4 is 16.0 Å². The van der Waals surface area contributed by atoms with Gasteiger partial charge in [0, 0.05) is 24.5 Å². The highest BCUT2D eigenvalue weighted by molar-refractivity contribution is 5.89. The van der Waals surface area contributed by atoms with Crippen molar-refractivity contribution in [3.05, 3.63) is 59.7 Å². The van der Waals surface area contributed by atoms with Crippen LogP contribution in [0.3, 0.4) is 0 Å². The first-order valence-electron chi connectivity index (χ1n) is 12.9. The number of carbonyl (C=O) groups excluding carboxylic acids is 2. The monoisotopic (exact) mass is 482 g/mol. The van der Waals surface area contributed by atoms with Crippen LogP contribution in [-0.2, 0) is 11.2 Å². The van der Waals surface area contributed by atoms with Crippen molar-refractivity contribution < 1.29 is 14.3 Å². The smallest absolute Gasteiger partial charge is 0.411 e. The van der Waals surface area contributed by atoms with Gasteiger partial charge in [-0.3, -0.25) is 5.32 Å². The molecule has 3 amide bonds. The Morgan fingerprint density at radius 1 is 0.743 bits per heavy atom. The van der Waals surface area contributed by atoms with E-state index in [-0.39, 0.29) is 6.03 Å². The zero-order valence-electron chi connectivity index (χ0n) is 21.6. The Balaban J connectivity index is 1.75. The van der Waals surface area contributed by atoms with Gasteiger partial charge in [0.25, 0.3) is 0 Å². The first-order valence-corrected chi connectivity index (χ1v) is 12.9. The molecule has 0 aromatic heterocycles. The third-order valence-corrected chi connectivity index (χ3v) is 5.63. The van der Waals surface area contributed by atoms with Crippen LogP contribution in [0.15, 0.2) is 48.5 Å². The van der Waals surface area contributed by atoms with E-state index >= 15 is 0 Å². The Labute approximate surface area is 210 Å². The minimum absolute atomic E-state index is 0.177. The number of benzene rings is 2. The Bertz CT molecular complexity index is 861. The molecule has 0 spiro atoms. The van der Waals surface area contributed by atoms with E-state index in [1.54, 1.807) is 0 Å². The quantitative estimate of drug-likeness (QED) is 0.280. The molecule has 0 radical (unpaired) electrons. The van der Waals surface area contributed by atoms with Gasteiger partial charge in [0.1, 0.15) is 0 Å². The molecular formula is C28H42N4O3. The van der Waals surface area contributed by atoms with Gasteiger partial charge in [-0.05, 0) is 74.2 Å². The number of amides is 3. The molecule has 0 bridgehead atoms. The lowest BCUT2D eigenvalue weighted by Gasteiger charge is -2.22. The third-order valence-electron chi connectivity index (χ3n) is 5.63. The predicted molar refractivity (Wildman–Crippen MR) is 144 cm³/mol. The maximum Gasteiger partial charge on any atom is 0.411 e. The van der Waals surface area contributed by atoms with Crippen molar-refractivity contribution in [3.8, 4) is 0 Å². The molecule has 0 saturated carbocycles. The van der Waals surface area contributed by atoms with Crippen molar-refractivity contribution >= 4 is 23.5 Å². The number of nitrogens with one attached hydrogen (secondary N) is 3. The van der Waals surface area contributed by atoms with Gasteiger partial charge in [-0.2, -0.15) is 0 Å². The maximum absolute atomic E-state index is 12.3. The van der Waals surface area contributed by atoms with Crippen molar-refractivity contribution in [2.75, 3.05) is 43.4 Å². The zero-order valence-corrected chi connectivity index (χ0v) is 21.6. The van der Waals surface area contributed by atoms with Crippen LogP contribution in [0, 0.1) is 0 Å². The van der Waals surface area contributed by atoms with Gasteiger partial charge in [0.2, 0.25) is 0 Å². The van der Waals surface area contributed by atoms with E-state index in [4.69, 9.17) is 4.74 Å². The van der Waals surface area contributed by atoms with Crippen LogP contribution in [0.25, 0.3) is 0 Å². The molecular weight excluding hydrogens is 440 g/mol. The second kappa shape index (κ2) is 16.5. The van der Waals surface area contributed by atoms with Crippen LogP contribution in [0.5, 0.6) is 0 Å². The minimum Gasteiger partial charge on any atom is -0.449 e. The molecule has 0 aliphatic heterocycles. The molecule has 2 rings (SSSR count). The maximum atomic E-state index is 12.3. The van der Waals surface area contributed by atoms with Gasteiger partial charge in [0.15, 0.2) is 0 Å². The lowest BCUT2D eigenvalue weighted by atomic mass is 10.0. The molecule has 3 N–H and O–H groups in total. The molecule has 0 heterocycles. The Kier molecular flexibility index (Phi) is 13.3. The van der Waals surface area contributed by atoms with Crippen LogP contribution in [0.2, 0.25) is 0 Å². The van der Waals surface area contributed by atoms with E-state index in [1.165, 1.54) is 25.7 Å². The van der Waals surface area contributed by atoms with Gasteiger partial charge in [0.05, 0.1) is 6.61 Å². The van der Waals surface area contributed by atoms with Gasteiger partial charge in [-0.15, -0.1) is 0 Å². The summed E-state index contributed by atoms with van der Waals surface area (Å²) >= 11 is 0. The average molecular weight is 483 g/mol. The first-order chi connectivity index (χ1) is 17.0. The fourth-order valence-corrected chi connectivity index (χ4v) is 3.60. The number of carbonyl (C=O) groups is 2. The van der Waals surface area contributed by atoms with Crippen molar-refractivity contribution in [3.63, 3.8) is 0 Å². The fourth-order valence-electron chi connectivity index (χ4n) is 3.60. The highest BCUT2D eigenvalue weighted by atomic mass is 16.5. The number of unbranched alkanes of at least 4 members (excludes halogenated alkanes) is 2. The summed E-state index contributed by atoms with van der Waals surface area (Å²) in [7, 11) is 0. The molecule has 0 aliphatic carbocycles. The van der Waals surface area contributed by atoms with E-state index in [9.17, 15) is 9.59 Å². The number of rotatable bonds is 15. The van der Waals surface area contributed by atoms with Crippen LogP contribution in [0.4, 0.5) is 21.0 Å². The van der Waals surface area contributed by atoms with E-state index in [1.807, 2.05) is 55.5 Å². The molecule has 2 aromatic carbocycles. The van der Waals surface area contributed by atoms with Crippen molar-refractivity contribution in [1.82, 2.24) is 10.2 Å². The van der Waals surface area contributed by atoms with Crippen LogP contribution >= 0.6 is 0 Å². The summed E-state index contributed by atoms with van der Waals surface area (Å²) in [5, 5.41) is 8.60. The summed E-state index contributed by atoms with van der Waals surface area (Å²) in [4.78, 5) is 26.4. The van der Waals surface area contributed by atoms with E-state index in [0.29, 0.717) is 18.8 Å². The van der Waals surface area contributed by atoms with Crippen molar-refractivity contribution in [2.45, 2.75) is 59.3 Å². The van der Waals surface area contributed by atoms with Crippen molar-refractivity contribution in [2.24, 2.45) is 0 Å². The average Bonchev–Trinajstić information content (AvgIpc) is 2.86. The molecule has 0 aliphatic rings. The number of hydrogen-bond donors (Lipinski definition) is 3. The first kappa shape index (κ1) is 28.2. The van der Waals surface area contributed by atoms with E-state index < -0.39 is 6.09 Å². The fraction of sp³-hybridized carbons (Fsp3) is 0.500. The number of hydrogen-bond acceptors (Lipinski definition) is 4. The Morgan fingerprint density at radius 2 is 1.29 bits per heavy atom. The van der Waals surface area contributed by atoms with Gasteiger partial charge in [-0.25, -0.2) is 9.59 Å². The summed E-state index contributed by atoms with van der Waals surface area (Å²) in [6.07, 6.45) is 5.88. The van der Waals surface area contributed by atoms with Crippen molar-refractivity contribution in [1.29, 1.82) is 0 Å². The minimum atomic E-state index is -0.433. The van der Waals surface area contributed by atoms with E-state index in [2.05, 4.69) is 34.7 Å². The number of nitrogens with zero attached hydrogens (tertiary/aromatic N) is 1. The third kappa shape index (κ3) is 11.8. The highest BCUT2D eigenvalue weighted by Gasteiger charge is 2.07. The molecule has 7 nitrogen and oxygen atoms in total. The largest absolute Gasteiger partial charge is 0.449 e. The molecule has 0 saturated heterocycles. The topological polar surface area (TPSA) is 82.7 Å². The Morgan fingerprint density at radius 3 is 1.80 bits per heavy atom. The van der Waals surface area contributed by atoms with Gasteiger partial charge in [-0.1, -0.05) is 57.9 Å². The summed E-state index contributed by atoms with van der Waals surface area (Å²) in [5.41, 5.74) is 3.75. The standard InChI is InChI=1S/C28H42N4O3/c1-4-7-18-32(19-8-5-2)20-17-29-27(33)30-25-13-9-23(10-14-25)22-24-11-15-26(16-12-24)31-28(34)35-21-6-3/h9-16H,4-8,17-22H2,1-3H3,(H,31,34)(H2,29,30,33). The zero-order chi connectivity index (χ0) is 25.3. The van der Waals surface area contributed by atoms with Gasteiger partial charge < -0.3 is 20.3 Å². The number of urea groups is 1. The summed E-state index contributed by atoms with van der Waals surface area (Å²) < 4.78 is 5.03. The summed E-state index contributed by atoms with van der Waals surface area (Å²) in [6, 6.07) is 15.4. The van der Waals surface area contributed by atoms with E-state index in [0.717, 1.165) is 49.3 Å². The summed E-state index contributed by atoms with van der Waals surface area (Å²) in [6.45, 7) is 10.5. The number of anilines is 2. The summed E-state index contributed by atoms with van der Waals surface area (Å²) in [5.74, 6) is 0. The molecule has 0 fully saturated rings. The highest BCUT2D eigenvalue weighted by Crippen LogP contribution is 2.16. The van der Waals surface area contributed by atoms with Crippen LogP contribution in [0.1, 0.15) is 64.0 Å².